The molecule has 2 heterocycles. The van der Waals surface area contributed by atoms with Gasteiger partial charge in [-0.05, 0) is 37.8 Å². The number of fused-ring (bicyclic) bond motifs is 1. The van der Waals surface area contributed by atoms with Gasteiger partial charge in [-0.25, -0.2) is 9.97 Å². The van der Waals surface area contributed by atoms with Crippen molar-refractivity contribution in [2.75, 3.05) is 11.9 Å². The van der Waals surface area contributed by atoms with Gasteiger partial charge in [-0.1, -0.05) is 18.2 Å². The molecule has 118 valence electrons. The predicted octanol–water partition coefficient (Wildman–Crippen LogP) is 2.38. The summed E-state index contributed by atoms with van der Waals surface area (Å²) in [5, 5.41) is 12.8. The van der Waals surface area contributed by atoms with Gasteiger partial charge in [0.1, 0.15) is 11.5 Å². The highest BCUT2D eigenvalue weighted by Gasteiger charge is 2.24. The van der Waals surface area contributed by atoms with Crippen molar-refractivity contribution in [1.29, 1.82) is 0 Å². The first kappa shape index (κ1) is 14.3. The van der Waals surface area contributed by atoms with Crippen molar-refractivity contribution < 1.29 is 5.11 Å². The fraction of sp³-hybridized carbons (Fsp3) is 0.389. The van der Waals surface area contributed by atoms with Crippen LogP contribution in [0.1, 0.15) is 24.1 Å². The number of aromatic nitrogens is 3. The van der Waals surface area contributed by atoms with Crippen LogP contribution >= 0.6 is 0 Å². The van der Waals surface area contributed by atoms with Gasteiger partial charge in [0.25, 0.3) is 0 Å². The van der Waals surface area contributed by atoms with Gasteiger partial charge in [0, 0.05) is 36.0 Å². The van der Waals surface area contributed by atoms with E-state index in [2.05, 4.69) is 22.5 Å². The lowest BCUT2D eigenvalue weighted by Crippen LogP contribution is -2.19. The molecular formula is C18H20N4O. The third kappa shape index (κ3) is 2.84. The summed E-state index contributed by atoms with van der Waals surface area (Å²) in [6.45, 7) is 0.204. The van der Waals surface area contributed by atoms with Crippen molar-refractivity contribution in [2.24, 2.45) is 5.92 Å². The van der Waals surface area contributed by atoms with E-state index in [0.29, 0.717) is 5.82 Å². The van der Waals surface area contributed by atoms with E-state index in [-0.39, 0.29) is 18.6 Å². The lowest BCUT2D eigenvalue weighted by Gasteiger charge is -2.17. The molecule has 0 radical (unpaired) electrons. The van der Waals surface area contributed by atoms with Crippen molar-refractivity contribution in [3.63, 3.8) is 0 Å². The molecule has 2 aromatic rings. The Morgan fingerprint density at radius 3 is 2.91 bits per heavy atom. The molecule has 23 heavy (non-hydrogen) atoms. The van der Waals surface area contributed by atoms with Crippen molar-refractivity contribution in [3.05, 3.63) is 47.8 Å². The maximum absolute atomic E-state index is 9.28. The zero-order valence-electron chi connectivity index (χ0n) is 12.9. The third-order valence-corrected chi connectivity index (χ3v) is 4.56. The number of hydrogen-bond donors (Lipinski definition) is 2. The molecule has 0 saturated carbocycles. The molecule has 0 aliphatic heterocycles. The summed E-state index contributed by atoms with van der Waals surface area (Å²) in [6, 6.07) is 6.02. The summed E-state index contributed by atoms with van der Waals surface area (Å²) in [5.74, 6) is 1.87. The zero-order chi connectivity index (χ0) is 15.6. The van der Waals surface area contributed by atoms with E-state index in [0.717, 1.165) is 42.9 Å². The van der Waals surface area contributed by atoms with E-state index < -0.39 is 0 Å². The zero-order valence-corrected chi connectivity index (χ0v) is 12.9. The van der Waals surface area contributed by atoms with Gasteiger partial charge in [0.15, 0.2) is 5.82 Å². The number of aryl methyl sites for hydroxylation is 1. The van der Waals surface area contributed by atoms with Crippen LogP contribution in [0.15, 0.2) is 36.5 Å². The van der Waals surface area contributed by atoms with Crippen LogP contribution in [0.2, 0.25) is 0 Å². The smallest absolute Gasteiger partial charge is 0.180 e. The Bertz CT molecular complexity index is 729. The summed E-state index contributed by atoms with van der Waals surface area (Å²) in [6.07, 6.45) is 10.1. The second kappa shape index (κ2) is 6.08. The van der Waals surface area contributed by atoms with Gasteiger partial charge in [0.05, 0.1) is 0 Å². The summed E-state index contributed by atoms with van der Waals surface area (Å²) in [5.41, 5.74) is 3.19. The van der Waals surface area contributed by atoms with Crippen LogP contribution in [0, 0.1) is 5.92 Å². The van der Waals surface area contributed by atoms with Gasteiger partial charge in [-0.2, -0.15) is 0 Å². The summed E-state index contributed by atoms with van der Waals surface area (Å²) in [7, 11) is 0. The first-order valence-electron chi connectivity index (χ1n) is 8.20. The Morgan fingerprint density at radius 1 is 1.17 bits per heavy atom. The van der Waals surface area contributed by atoms with Gasteiger partial charge in [-0.3, -0.25) is 4.98 Å². The monoisotopic (exact) mass is 308 g/mol. The van der Waals surface area contributed by atoms with E-state index in [9.17, 15) is 5.11 Å². The number of aliphatic hydroxyl groups is 1. The number of aliphatic hydroxyl groups excluding tert-OH is 1. The van der Waals surface area contributed by atoms with Crippen LogP contribution in [0.5, 0.6) is 0 Å². The minimum atomic E-state index is 0.204. The van der Waals surface area contributed by atoms with Crippen LogP contribution < -0.4 is 5.32 Å². The van der Waals surface area contributed by atoms with Gasteiger partial charge in [-0.15, -0.1) is 0 Å². The van der Waals surface area contributed by atoms with Crippen LogP contribution in [0.3, 0.4) is 0 Å². The highest BCUT2D eigenvalue weighted by Crippen LogP contribution is 2.30. The Hall–Kier alpha value is -2.27. The van der Waals surface area contributed by atoms with E-state index in [1.165, 1.54) is 5.56 Å². The quantitative estimate of drug-likeness (QED) is 0.849. The number of nitrogens with one attached hydrogen (secondary N) is 1. The number of pyridine rings is 1. The molecule has 0 saturated heterocycles. The van der Waals surface area contributed by atoms with Crippen molar-refractivity contribution in [3.8, 4) is 11.5 Å². The van der Waals surface area contributed by atoms with Crippen LogP contribution in [-0.4, -0.2) is 32.7 Å². The molecule has 0 spiro atoms. The maximum Gasteiger partial charge on any atom is 0.180 e. The molecule has 0 fully saturated rings. The Kier molecular flexibility index (Phi) is 3.79. The molecule has 5 nitrogen and oxygen atoms in total. The third-order valence-electron chi connectivity index (χ3n) is 4.56. The molecule has 2 aliphatic carbocycles. The molecular weight excluding hydrogens is 288 g/mol. The Labute approximate surface area is 135 Å². The highest BCUT2D eigenvalue weighted by atomic mass is 16.3. The summed E-state index contributed by atoms with van der Waals surface area (Å²) >= 11 is 0. The van der Waals surface area contributed by atoms with E-state index in [4.69, 9.17) is 9.97 Å². The number of rotatable bonds is 4. The lowest BCUT2D eigenvalue weighted by molar-refractivity contribution is 0.250. The van der Waals surface area contributed by atoms with Gasteiger partial charge < -0.3 is 10.4 Å². The normalized spacial score (nSPS) is 22.3. The van der Waals surface area contributed by atoms with Crippen molar-refractivity contribution in [1.82, 2.24) is 15.0 Å². The molecule has 2 aromatic heterocycles. The lowest BCUT2D eigenvalue weighted by atomic mass is 10.1. The average molecular weight is 308 g/mol. The molecule has 0 bridgehead atoms. The average Bonchev–Trinajstić information content (AvgIpc) is 3.24. The topological polar surface area (TPSA) is 70.9 Å². The maximum atomic E-state index is 9.28. The summed E-state index contributed by atoms with van der Waals surface area (Å²) < 4.78 is 0. The minimum absolute atomic E-state index is 0.204. The van der Waals surface area contributed by atoms with Crippen LogP contribution in [-0.2, 0) is 12.8 Å². The fourth-order valence-corrected chi connectivity index (χ4v) is 3.35. The molecule has 1 unspecified atom stereocenters. The SMILES string of the molecule is OC[C@H]1C=CC(Nc2nc(-c3ccccn3)nc3c2CCC3)C1. The number of hydrogen-bond acceptors (Lipinski definition) is 5. The number of anilines is 1. The van der Waals surface area contributed by atoms with Gasteiger partial charge in [0.2, 0.25) is 0 Å². The first-order chi connectivity index (χ1) is 11.3. The minimum Gasteiger partial charge on any atom is -0.396 e. The summed E-state index contributed by atoms with van der Waals surface area (Å²) in [4.78, 5) is 13.8. The number of nitrogens with zero attached hydrogens (tertiary/aromatic N) is 3. The van der Waals surface area contributed by atoms with E-state index in [1.807, 2.05) is 18.2 Å². The first-order valence-corrected chi connectivity index (χ1v) is 8.20. The second-order valence-electron chi connectivity index (χ2n) is 6.20. The molecule has 2 atom stereocenters. The molecule has 0 amide bonds. The van der Waals surface area contributed by atoms with E-state index >= 15 is 0 Å². The van der Waals surface area contributed by atoms with Gasteiger partial charge >= 0.3 is 0 Å². The second-order valence-corrected chi connectivity index (χ2v) is 6.20. The molecule has 4 rings (SSSR count). The van der Waals surface area contributed by atoms with Crippen molar-refractivity contribution >= 4 is 5.82 Å². The molecule has 2 aliphatic rings. The highest BCUT2D eigenvalue weighted by molar-refractivity contribution is 5.58. The molecule has 5 heteroatoms. The molecule has 2 N–H and O–H groups in total. The van der Waals surface area contributed by atoms with Crippen LogP contribution in [0.25, 0.3) is 11.5 Å². The van der Waals surface area contributed by atoms with Crippen LogP contribution in [0.4, 0.5) is 5.82 Å². The fourth-order valence-electron chi connectivity index (χ4n) is 3.35. The van der Waals surface area contributed by atoms with E-state index in [1.54, 1.807) is 6.20 Å². The largest absolute Gasteiger partial charge is 0.396 e. The Morgan fingerprint density at radius 2 is 2.13 bits per heavy atom. The molecule has 0 aromatic carbocycles. The van der Waals surface area contributed by atoms with Crippen molar-refractivity contribution in [2.45, 2.75) is 31.7 Å². The predicted molar refractivity (Wildman–Crippen MR) is 89.0 cm³/mol. The standard InChI is InChI=1S/C18H20N4O/c23-11-12-7-8-13(10-12)20-17-14-4-3-6-15(14)21-18(22-17)16-5-1-2-9-19-16/h1-2,5,7-9,12-13,23H,3-4,6,10-11H2,(H,20,21,22)/t12-,13?/m0/s1. The Balaban J connectivity index is 1.66.